The monoisotopic (exact) mass is 350 g/mol. The lowest BCUT2D eigenvalue weighted by molar-refractivity contribution is 0.488. The van der Waals surface area contributed by atoms with Gasteiger partial charge in [0.05, 0.1) is 5.25 Å². The Bertz CT molecular complexity index is 644. The number of nitrogens with two attached hydrogens (primary N) is 2. The fraction of sp³-hybridized carbons (Fsp3) is 0.286. The van der Waals surface area contributed by atoms with Crippen molar-refractivity contribution in [3.05, 3.63) is 47.7 Å². The van der Waals surface area contributed by atoms with E-state index < -0.39 is 0 Å². The van der Waals surface area contributed by atoms with E-state index in [2.05, 4.69) is 22.3 Å². The van der Waals surface area contributed by atoms with Crippen molar-refractivity contribution in [3.63, 3.8) is 0 Å². The van der Waals surface area contributed by atoms with Crippen LogP contribution in [-0.2, 0) is 12.8 Å². The molecule has 0 amide bonds. The van der Waals surface area contributed by atoms with Crippen molar-refractivity contribution in [3.8, 4) is 0 Å². The number of nitrogens with one attached hydrogen (secondary N) is 2. The van der Waals surface area contributed by atoms with E-state index >= 15 is 0 Å². The van der Waals surface area contributed by atoms with Gasteiger partial charge in [0.1, 0.15) is 0 Å². The number of aromatic nitrogens is 2. The minimum atomic E-state index is -0.172. The van der Waals surface area contributed by atoms with Crippen LogP contribution in [0.1, 0.15) is 22.3 Å². The van der Waals surface area contributed by atoms with Crippen LogP contribution in [0, 0.1) is 10.8 Å². The van der Waals surface area contributed by atoms with E-state index in [0.29, 0.717) is 12.3 Å². The summed E-state index contributed by atoms with van der Waals surface area (Å²) in [5.41, 5.74) is 13.1. The standard InChI is InChI=1S/C14H18N6OS2/c15-13(16)22-6-5-9-1-3-10(4-2-9)7-11(23-14(17)18)12-20-19-8-21-12/h1-4,8,11H,5-7H2,(H3,15,16)(H3,17,18)/t11-/m0/s1. The first-order valence-electron chi connectivity index (χ1n) is 6.86. The molecule has 0 aliphatic carbocycles. The van der Waals surface area contributed by atoms with Crippen molar-refractivity contribution < 1.29 is 4.42 Å². The summed E-state index contributed by atoms with van der Waals surface area (Å²) >= 11 is 2.54. The van der Waals surface area contributed by atoms with Crippen molar-refractivity contribution in [2.24, 2.45) is 11.5 Å². The molecule has 0 radical (unpaired) electrons. The van der Waals surface area contributed by atoms with Crippen LogP contribution in [0.3, 0.4) is 0 Å². The second-order valence-electron chi connectivity index (χ2n) is 4.73. The Balaban J connectivity index is 1.97. The van der Waals surface area contributed by atoms with Crippen LogP contribution in [0.2, 0.25) is 0 Å². The first-order valence-corrected chi connectivity index (χ1v) is 8.72. The molecule has 2 aromatic rings. The maximum absolute atomic E-state index is 7.46. The third-order valence-electron chi connectivity index (χ3n) is 3.01. The molecule has 0 spiro atoms. The number of benzene rings is 1. The average molecular weight is 350 g/mol. The first-order chi connectivity index (χ1) is 11.0. The third-order valence-corrected chi connectivity index (χ3v) is 4.64. The molecule has 0 unspecified atom stereocenters. The molecular formula is C14H18N6OS2. The molecule has 9 heteroatoms. The number of hydrogen-bond donors (Lipinski definition) is 4. The minimum Gasteiger partial charge on any atom is -0.427 e. The zero-order chi connectivity index (χ0) is 16.7. The topological polar surface area (TPSA) is 139 Å². The minimum absolute atomic E-state index is 0.0195. The number of rotatable bonds is 7. The van der Waals surface area contributed by atoms with Crippen LogP contribution in [0.5, 0.6) is 0 Å². The van der Waals surface area contributed by atoms with Gasteiger partial charge in [-0.15, -0.1) is 10.2 Å². The summed E-state index contributed by atoms with van der Waals surface area (Å²) in [5, 5.41) is 22.2. The van der Waals surface area contributed by atoms with Gasteiger partial charge in [-0.3, -0.25) is 10.8 Å². The van der Waals surface area contributed by atoms with Gasteiger partial charge >= 0.3 is 0 Å². The molecule has 1 aromatic heterocycles. The third kappa shape index (κ3) is 5.95. The molecule has 23 heavy (non-hydrogen) atoms. The predicted octanol–water partition coefficient (Wildman–Crippen LogP) is 2.15. The molecule has 0 aliphatic heterocycles. The van der Waals surface area contributed by atoms with Crippen LogP contribution in [-0.4, -0.2) is 26.3 Å². The summed E-state index contributed by atoms with van der Waals surface area (Å²) < 4.78 is 5.24. The van der Waals surface area contributed by atoms with Gasteiger partial charge in [-0.25, -0.2) is 0 Å². The van der Waals surface area contributed by atoms with Crippen LogP contribution in [0.4, 0.5) is 0 Å². The highest BCUT2D eigenvalue weighted by Crippen LogP contribution is 2.30. The maximum Gasteiger partial charge on any atom is 0.229 e. The molecule has 0 bridgehead atoms. The van der Waals surface area contributed by atoms with Gasteiger partial charge < -0.3 is 15.9 Å². The number of aryl methyl sites for hydroxylation is 1. The smallest absolute Gasteiger partial charge is 0.229 e. The van der Waals surface area contributed by atoms with E-state index in [1.54, 1.807) is 0 Å². The highest BCUT2D eigenvalue weighted by atomic mass is 32.2. The second-order valence-corrected chi connectivity index (χ2v) is 7.11. The molecule has 0 saturated heterocycles. The normalized spacial score (nSPS) is 12.0. The van der Waals surface area contributed by atoms with E-state index in [1.807, 2.05) is 12.1 Å². The SMILES string of the molecule is N=C(N)SCCc1ccc(C[C@H](SC(=N)N)c2nnco2)cc1. The van der Waals surface area contributed by atoms with E-state index in [1.165, 1.54) is 35.5 Å². The molecule has 1 aromatic carbocycles. The van der Waals surface area contributed by atoms with Crippen molar-refractivity contribution in [1.29, 1.82) is 10.8 Å². The Kier molecular flexibility index (Phi) is 6.48. The van der Waals surface area contributed by atoms with Crippen molar-refractivity contribution in [2.75, 3.05) is 5.75 Å². The van der Waals surface area contributed by atoms with Crippen molar-refractivity contribution in [2.45, 2.75) is 18.1 Å². The Morgan fingerprint density at radius 3 is 2.39 bits per heavy atom. The Morgan fingerprint density at radius 2 is 1.83 bits per heavy atom. The Labute approximate surface area is 142 Å². The summed E-state index contributed by atoms with van der Waals surface area (Å²) in [6, 6.07) is 8.19. The van der Waals surface area contributed by atoms with Gasteiger partial charge in [-0.1, -0.05) is 47.8 Å². The van der Waals surface area contributed by atoms with E-state index in [0.717, 1.165) is 17.7 Å². The zero-order valence-electron chi connectivity index (χ0n) is 12.4. The Hall–Kier alpha value is -2.00. The van der Waals surface area contributed by atoms with Crippen LogP contribution in [0.15, 0.2) is 35.1 Å². The summed E-state index contributed by atoms with van der Waals surface area (Å²) in [6.07, 6.45) is 2.79. The quantitative estimate of drug-likeness (QED) is 0.443. The molecule has 1 atom stereocenters. The van der Waals surface area contributed by atoms with Gasteiger partial charge in [0.15, 0.2) is 10.3 Å². The zero-order valence-corrected chi connectivity index (χ0v) is 14.0. The summed E-state index contributed by atoms with van der Waals surface area (Å²) in [5.74, 6) is 1.26. The molecule has 0 saturated carbocycles. The van der Waals surface area contributed by atoms with Gasteiger partial charge in [-0.2, -0.15) is 0 Å². The van der Waals surface area contributed by atoms with Gasteiger partial charge in [-0.05, 0) is 24.0 Å². The lowest BCUT2D eigenvalue weighted by Gasteiger charge is -2.12. The molecule has 0 fully saturated rings. The largest absolute Gasteiger partial charge is 0.427 e. The fourth-order valence-corrected chi connectivity index (χ4v) is 3.33. The number of hydrogen-bond acceptors (Lipinski definition) is 7. The molecule has 2 rings (SSSR count). The summed E-state index contributed by atoms with van der Waals surface area (Å²) in [7, 11) is 0. The summed E-state index contributed by atoms with van der Waals surface area (Å²) in [6.45, 7) is 0. The fourth-order valence-electron chi connectivity index (χ4n) is 1.99. The highest BCUT2D eigenvalue weighted by molar-refractivity contribution is 8.14. The number of thioether (sulfide) groups is 2. The first kappa shape index (κ1) is 17.4. The van der Waals surface area contributed by atoms with Crippen molar-refractivity contribution >= 4 is 33.9 Å². The molecule has 7 nitrogen and oxygen atoms in total. The molecule has 1 heterocycles. The summed E-state index contributed by atoms with van der Waals surface area (Å²) in [4.78, 5) is 0. The number of nitrogens with zero attached hydrogens (tertiary/aromatic N) is 2. The van der Waals surface area contributed by atoms with Gasteiger partial charge in [0.2, 0.25) is 12.3 Å². The number of amidine groups is 2. The van der Waals surface area contributed by atoms with Gasteiger partial charge in [0.25, 0.3) is 0 Å². The highest BCUT2D eigenvalue weighted by Gasteiger charge is 2.19. The maximum atomic E-state index is 7.46. The molecule has 6 N–H and O–H groups in total. The van der Waals surface area contributed by atoms with E-state index in [9.17, 15) is 0 Å². The Morgan fingerprint density at radius 1 is 1.13 bits per heavy atom. The second kappa shape index (κ2) is 8.59. The lowest BCUT2D eigenvalue weighted by atomic mass is 10.1. The average Bonchev–Trinajstić information content (AvgIpc) is 3.02. The van der Waals surface area contributed by atoms with Crippen LogP contribution in [0.25, 0.3) is 0 Å². The lowest BCUT2D eigenvalue weighted by Crippen LogP contribution is -2.10. The van der Waals surface area contributed by atoms with Crippen LogP contribution >= 0.6 is 23.5 Å². The molecule has 122 valence electrons. The van der Waals surface area contributed by atoms with Crippen molar-refractivity contribution in [1.82, 2.24) is 10.2 Å². The van der Waals surface area contributed by atoms with E-state index in [4.69, 9.17) is 26.7 Å². The van der Waals surface area contributed by atoms with Gasteiger partial charge in [0, 0.05) is 5.75 Å². The van der Waals surface area contributed by atoms with Crippen LogP contribution < -0.4 is 11.5 Å². The predicted molar refractivity (Wildman–Crippen MR) is 94.8 cm³/mol. The van der Waals surface area contributed by atoms with E-state index in [-0.39, 0.29) is 15.6 Å². The molecular weight excluding hydrogens is 332 g/mol. The molecule has 0 aliphatic rings.